The highest BCUT2D eigenvalue weighted by atomic mass is 16.5. The molecule has 0 rings (SSSR count). The summed E-state index contributed by atoms with van der Waals surface area (Å²) < 4.78 is 5.24. The predicted molar refractivity (Wildman–Crippen MR) is 54.6 cm³/mol. The molecule has 3 N–H and O–H groups in total. The van der Waals surface area contributed by atoms with Crippen LogP contribution in [0.2, 0.25) is 0 Å². The van der Waals surface area contributed by atoms with E-state index in [1.807, 2.05) is 0 Å². The van der Waals surface area contributed by atoms with Gasteiger partial charge in [-0.1, -0.05) is 32.6 Å². The summed E-state index contributed by atoms with van der Waals surface area (Å²) in [5, 5.41) is 9.05. The lowest BCUT2D eigenvalue weighted by Crippen LogP contribution is -2.25. The Bertz CT molecular complexity index is 98.9. The second kappa shape index (κ2) is 9.96. The van der Waals surface area contributed by atoms with Gasteiger partial charge in [-0.05, 0) is 6.42 Å². The second-order valence-electron chi connectivity index (χ2n) is 3.38. The summed E-state index contributed by atoms with van der Waals surface area (Å²) in [5.41, 5.74) is 5.22. The SMILES string of the molecule is CCCCCCCOCC(O)CN. The molecule has 0 fully saturated rings. The standard InChI is InChI=1S/C10H23NO2/c1-2-3-4-5-6-7-13-9-10(12)8-11/h10,12H,2-9,11H2,1H3. The maximum Gasteiger partial charge on any atom is 0.0895 e. The van der Waals surface area contributed by atoms with Crippen LogP contribution in [0.15, 0.2) is 0 Å². The summed E-state index contributed by atoms with van der Waals surface area (Å²) in [4.78, 5) is 0. The lowest BCUT2D eigenvalue weighted by atomic mass is 10.2. The van der Waals surface area contributed by atoms with E-state index in [0.29, 0.717) is 6.61 Å². The smallest absolute Gasteiger partial charge is 0.0895 e. The number of nitrogens with two attached hydrogens (primary N) is 1. The van der Waals surface area contributed by atoms with Gasteiger partial charge in [0.15, 0.2) is 0 Å². The zero-order valence-electron chi connectivity index (χ0n) is 8.67. The summed E-state index contributed by atoms with van der Waals surface area (Å²) in [6.07, 6.45) is 5.71. The monoisotopic (exact) mass is 189 g/mol. The van der Waals surface area contributed by atoms with Gasteiger partial charge in [0.05, 0.1) is 12.7 Å². The van der Waals surface area contributed by atoms with E-state index in [4.69, 9.17) is 15.6 Å². The van der Waals surface area contributed by atoms with Crippen molar-refractivity contribution in [2.75, 3.05) is 19.8 Å². The van der Waals surface area contributed by atoms with Crippen molar-refractivity contribution in [2.45, 2.75) is 45.1 Å². The quantitative estimate of drug-likeness (QED) is 0.537. The van der Waals surface area contributed by atoms with E-state index in [-0.39, 0.29) is 6.54 Å². The predicted octanol–water partition coefficient (Wildman–Crippen LogP) is 1.29. The molecule has 0 aromatic carbocycles. The molecule has 1 atom stereocenters. The van der Waals surface area contributed by atoms with E-state index < -0.39 is 6.10 Å². The van der Waals surface area contributed by atoms with E-state index in [1.165, 1.54) is 25.7 Å². The van der Waals surface area contributed by atoms with Gasteiger partial charge < -0.3 is 15.6 Å². The first-order valence-corrected chi connectivity index (χ1v) is 5.27. The molecular formula is C10H23NO2. The molecular weight excluding hydrogens is 166 g/mol. The lowest BCUT2D eigenvalue weighted by Gasteiger charge is -2.08. The van der Waals surface area contributed by atoms with Crippen molar-refractivity contribution in [3.63, 3.8) is 0 Å². The van der Waals surface area contributed by atoms with Gasteiger partial charge in [-0.15, -0.1) is 0 Å². The van der Waals surface area contributed by atoms with Crippen molar-refractivity contribution in [1.82, 2.24) is 0 Å². The highest BCUT2D eigenvalue weighted by Gasteiger charge is 1.99. The van der Waals surface area contributed by atoms with Gasteiger partial charge in [-0.25, -0.2) is 0 Å². The van der Waals surface area contributed by atoms with Crippen molar-refractivity contribution >= 4 is 0 Å². The average molecular weight is 189 g/mol. The fraction of sp³-hybridized carbons (Fsp3) is 1.00. The van der Waals surface area contributed by atoms with Gasteiger partial charge in [-0.2, -0.15) is 0 Å². The number of aliphatic hydroxyl groups is 1. The molecule has 0 bridgehead atoms. The average Bonchev–Trinajstić information content (AvgIpc) is 2.16. The van der Waals surface area contributed by atoms with E-state index >= 15 is 0 Å². The summed E-state index contributed by atoms with van der Waals surface area (Å²) in [6, 6.07) is 0. The van der Waals surface area contributed by atoms with E-state index in [1.54, 1.807) is 0 Å². The molecule has 0 saturated carbocycles. The number of aliphatic hydroxyl groups excluding tert-OH is 1. The number of unbranched alkanes of at least 4 members (excludes halogenated alkanes) is 4. The Morgan fingerprint density at radius 2 is 1.92 bits per heavy atom. The molecule has 13 heavy (non-hydrogen) atoms. The van der Waals surface area contributed by atoms with Crippen molar-refractivity contribution in [3.8, 4) is 0 Å². The molecule has 0 aliphatic carbocycles. The van der Waals surface area contributed by atoms with Gasteiger partial charge in [0, 0.05) is 13.2 Å². The first-order valence-electron chi connectivity index (χ1n) is 5.27. The van der Waals surface area contributed by atoms with Crippen molar-refractivity contribution in [1.29, 1.82) is 0 Å². The minimum atomic E-state index is -0.490. The largest absolute Gasteiger partial charge is 0.389 e. The molecule has 0 aliphatic heterocycles. The van der Waals surface area contributed by atoms with Gasteiger partial charge >= 0.3 is 0 Å². The Kier molecular flexibility index (Phi) is 9.87. The molecule has 0 amide bonds. The summed E-state index contributed by atoms with van der Waals surface area (Å²) in [5.74, 6) is 0. The van der Waals surface area contributed by atoms with Gasteiger partial charge in [0.25, 0.3) is 0 Å². The van der Waals surface area contributed by atoms with Gasteiger partial charge in [0.2, 0.25) is 0 Å². The fourth-order valence-corrected chi connectivity index (χ4v) is 1.10. The summed E-state index contributed by atoms with van der Waals surface area (Å²) in [7, 11) is 0. The van der Waals surface area contributed by atoms with Crippen molar-refractivity contribution in [2.24, 2.45) is 5.73 Å². The van der Waals surface area contributed by atoms with Crippen LogP contribution < -0.4 is 5.73 Å². The molecule has 3 nitrogen and oxygen atoms in total. The molecule has 0 radical (unpaired) electrons. The first-order chi connectivity index (χ1) is 6.31. The van der Waals surface area contributed by atoms with Crippen molar-refractivity contribution in [3.05, 3.63) is 0 Å². The van der Waals surface area contributed by atoms with E-state index in [9.17, 15) is 0 Å². The minimum absolute atomic E-state index is 0.288. The third-order valence-corrected chi connectivity index (χ3v) is 1.97. The molecule has 1 unspecified atom stereocenters. The third kappa shape index (κ3) is 9.80. The third-order valence-electron chi connectivity index (χ3n) is 1.97. The molecule has 0 aromatic rings. The first kappa shape index (κ1) is 12.9. The molecule has 0 aromatic heterocycles. The van der Waals surface area contributed by atoms with Gasteiger partial charge in [-0.3, -0.25) is 0 Å². The summed E-state index contributed by atoms with van der Waals surface area (Å²) >= 11 is 0. The number of hydrogen-bond donors (Lipinski definition) is 2. The zero-order valence-corrected chi connectivity index (χ0v) is 8.67. The van der Waals surface area contributed by atoms with Crippen molar-refractivity contribution < 1.29 is 9.84 Å². The maximum atomic E-state index is 9.05. The van der Waals surface area contributed by atoms with E-state index in [2.05, 4.69) is 6.92 Å². The zero-order chi connectivity index (χ0) is 9.94. The fourth-order valence-electron chi connectivity index (χ4n) is 1.10. The molecule has 0 heterocycles. The minimum Gasteiger partial charge on any atom is -0.389 e. The Hall–Kier alpha value is -0.120. The molecule has 80 valence electrons. The normalized spacial score (nSPS) is 13.2. The molecule has 3 heteroatoms. The van der Waals surface area contributed by atoms with Crippen LogP contribution >= 0.6 is 0 Å². The van der Waals surface area contributed by atoms with Crippen LogP contribution in [-0.4, -0.2) is 31.0 Å². The number of hydrogen-bond acceptors (Lipinski definition) is 3. The molecule has 0 aliphatic rings. The highest BCUT2D eigenvalue weighted by Crippen LogP contribution is 2.02. The Labute approximate surface area is 81.3 Å². The van der Waals surface area contributed by atoms with Gasteiger partial charge in [0.1, 0.15) is 0 Å². The Morgan fingerprint density at radius 1 is 1.23 bits per heavy atom. The molecule has 0 saturated heterocycles. The Morgan fingerprint density at radius 3 is 2.54 bits per heavy atom. The van der Waals surface area contributed by atoms with Crippen LogP contribution in [0.5, 0.6) is 0 Å². The van der Waals surface area contributed by atoms with Crippen LogP contribution in [0.4, 0.5) is 0 Å². The van der Waals surface area contributed by atoms with Crippen LogP contribution in [0.3, 0.4) is 0 Å². The highest BCUT2D eigenvalue weighted by molar-refractivity contribution is 4.52. The van der Waals surface area contributed by atoms with E-state index in [0.717, 1.165) is 13.0 Å². The van der Waals surface area contributed by atoms with Crippen LogP contribution in [-0.2, 0) is 4.74 Å². The summed E-state index contributed by atoms with van der Waals surface area (Å²) in [6.45, 7) is 3.62. The number of ether oxygens (including phenoxy) is 1. The second-order valence-corrected chi connectivity index (χ2v) is 3.38. The van der Waals surface area contributed by atoms with Crippen LogP contribution in [0, 0.1) is 0 Å². The number of rotatable bonds is 9. The topological polar surface area (TPSA) is 55.5 Å². The van der Waals surface area contributed by atoms with Crippen LogP contribution in [0.25, 0.3) is 0 Å². The lowest BCUT2D eigenvalue weighted by molar-refractivity contribution is 0.0396. The molecule has 0 spiro atoms. The maximum absolute atomic E-state index is 9.05. The Balaban J connectivity index is 2.91. The van der Waals surface area contributed by atoms with Crippen LogP contribution in [0.1, 0.15) is 39.0 Å².